The molecule has 0 atom stereocenters. The van der Waals surface area contributed by atoms with Gasteiger partial charge >= 0.3 is 0 Å². The minimum Gasteiger partial charge on any atom is -0.398 e. The average Bonchev–Trinajstić information content (AvgIpc) is 2.70. The van der Waals surface area contributed by atoms with Gasteiger partial charge < -0.3 is 11.1 Å². The average molecular weight is 218 g/mol. The van der Waals surface area contributed by atoms with Crippen molar-refractivity contribution in [3.8, 4) is 0 Å². The van der Waals surface area contributed by atoms with Gasteiger partial charge in [0, 0.05) is 11.7 Å². The zero-order valence-electron chi connectivity index (χ0n) is 9.62. The lowest BCUT2D eigenvalue weighted by Gasteiger charge is -2.13. The van der Waals surface area contributed by atoms with E-state index in [0.717, 1.165) is 18.4 Å². The largest absolute Gasteiger partial charge is 0.398 e. The first-order chi connectivity index (χ1) is 7.66. The van der Waals surface area contributed by atoms with Crippen LogP contribution in [0, 0.1) is 6.92 Å². The Balaban J connectivity index is 2.08. The number of nitrogens with one attached hydrogen (secondary N) is 1. The molecule has 3 nitrogen and oxygen atoms in total. The molecule has 86 valence electrons. The van der Waals surface area contributed by atoms with Crippen molar-refractivity contribution in [3.05, 3.63) is 29.3 Å². The van der Waals surface area contributed by atoms with Crippen LogP contribution in [0.5, 0.6) is 0 Å². The number of amides is 1. The van der Waals surface area contributed by atoms with E-state index in [1.54, 1.807) is 6.07 Å². The number of anilines is 1. The second-order valence-electron chi connectivity index (χ2n) is 4.55. The molecular formula is C13H18N2O. The first-order valence-electron chi connectivity index (χ1n) is 5.84. The fourth-order valence-electron chi connectivity index (χ4n) is 2.22. The van der Waals surface area contributed by atoms with Crippen LogP contribution in [0.15, 0.2) is 18.2 Å². The van der Waals surface area contributed by atoms with Crippen LogP contribution in [0.4, 0.5) is 5.69 Å². The summed E-state index contributed by atoms with van der Waals surface area (Å²) in [7, 11) is 0. The SMILES string of the molecule is Cc1ccc(C(=O)NC2CCCC2)c(N)c1. The molecule has 1 aliphatic carbocycles. The summed E-state index contributed by atoms with van der Waals surface area (Å²) in [6.07, 6.45) is 4.62. The fourth-order valence-corrected chi connectivity index (χ4v) is 2.22. The molecule has 1 saturated carbocycles. The maximum Gasteiger partial charge on any atom is 0.253 e. The summed E-state index contributed by atoms with van der Waals surface area (Å²) in [5.41, 5.74) is 8.07. The van der Waals surface area contributed by atoms with E-state index >= 15 is 0 Å². The summed E-state index contributed by atoms with van der Waals surface area (Å²) < 4.78 is 0. The van der Waals surface area contributed by atoms with E-state index in [1.165, 1.54) is 12.8 Å². The van der Waals surface area contributed by atoms with E-state index < -0.39 is 0 Å². The maximum atomic E-state index is 11.9. The standard InChI is InChI=1S/C13H18N2O/c1-9-6-7-11(12(14)8-9)13(16)15-10-4-2-3-5-10/h6-8,10H,2-5,14H2,1H3,(H,15,16). The van der Waals surface area contributed by atoms with Crippen molar-refractivity contribution in [2.45, 2.75) is 38.6 Å². The summed E-state index contributed by atoms with van der Waals surface area (Å²) in [5.74, 6) is -0.0376. The topological polar surface area (TPSA) is 55.1 Å². The first kappa shape index (κ1) is 11.0. The third-order valence-electron chi connectivity index (χ3n) is 3.14. The zero-order valence-corrected chi connectivity index (χ0v) is 9.62. The molecule has 2 rings (SSSR count). The lowest BCUT2D eigenvalue weighted by atomic mass is 10.1. The molecule has 0 aliphatic heterocycles. The third-order valence-corrected chi connectivity index (χ3v) is 3.14. The molecule has 0 bridgehead atoms. The highest BCUT2D eigenvalue weighted by Gasteiger charge is 2.18. The van der Waals surface area contributed by atoms with Crippen LogP contribution >= 0.6 is 0 Å². The molecular weight excluding hydrogens is 200 g/mol. The summed E-state index contributed by atoms with van der Waals surface area (Å²) in [4.78, 5) is 11.9. The molecule has 1 amide bonds. The minimum absolute atomic E-state index is 0.0376. The normalized spacial score (nSPS) is 16.3. The van der Waals surface area contributed by atoms with Crippen molar-refractivity contribution in [1.29, 1.82) is 0 Å². The summed E-state index contributed by atoms with van der Waals surface area (Å²) in [6.45, 7) is 1.97. The van der Waals surface area contributed by atoms with E-state index in [9.17, 15) is 4.79 Å². The number of carbonyl (C=O) groups is 1. The highest BCUT2D eigenvalue weighted by atomic mass is 16.1. The van der Waals surface area contributed by atoms with Crippen LogP contribution < -0.4 is 11.1 Å². The van der Waals surface area contributed by atoms with E-state index in [2.05, 4.69) is 5.32 Å². The van der Waals surface area contributed by atoms with Crippen LogP contribution in [-0.2, 0) is 0 Å². The summed E-state index contributed by atoms with van der Waals surface area (Å²) in [6, 6.07) is 5.89. The number of rotatable bonds is 2. The van der Waals surface area contributed by atoms with Gasteiger partial charge in [0.1, 0.15) is 0 Å². The van der Waals surface area contributed by atoms with Gasteiger partial charge in [0.2, 0.25) is 0 Å². The Hall–Kier alpha value is -1.51. The number of benzene rings is 1. The number of nitrogen functional groups attached to an aromatic ring is 1. The molecule has 0 spiro atoms. The number of nitrogens with two attached hydrogens (primary N) is 1. The van der Waals surface area contributed by atoms with Gasteiger partial charge in [-0.1, -0.05) is 18.9 Å². The molecule has 0 heterocycles. The molecule has 1 aromatic rings. The summed E-state index contributed by atoms with van der Waals surface area (Å²) in [5, 5.41) is 3.04. The van der Waals surface area contributed by atoms with Crippen LogP contribution in [0.25, 0.3) is 0 Å². The lowest BCUT2D eigenvalue weighted by Crippen LogP contribution is -2.33. The van der Waals surface area contributed by atoms with Crippen molar-refractivity contribution < 1.29 is 4.79 Å². The van der Waals surface area contributed by atoms with E-state index in [1.807, 2.05) is 19.1 Å². The molecule has 3 N–H and O–H groups in total. The van der Waals surface area contributed by atoms with Gasteiger partial charge in [-0.15, -0.1) is 0 Å². The van der Waals surface area contributed by atoms with E-state index in [4.69, 9.17) is 5.73 Å². The highest BCUT2D eigenvalue weighted by molar-refractivity contribution is 5.99. The Morgan fingerprint density at radius 2 is 2.06 bits per heavy atom. The Bertz CT molecular complexity index is 395. The third kappa shape index (κ3) is 2.35. The Morgan fingerprint density at radius 3 is 2.69 bits per heavy atom. The molecule has 1 aliphatic rings. The second kappa shape index (κ2) is 4.56. The van der Waals surface area contributed by atoms with Crippen molar-refractivity contribution in [2.75, 3.05) is 5.73 Å². The number of aryl methyl sites for hydroxylation is 1. The molecule has 0 radical (unpaired) electrons. The highest BCUT2D eigenvalue weighted by Crippen LogP contribution is 2.19. The number of hydrogen-bond acceptors (Lipinski definition) is 2. The molecule has 3 heteroatoms. The second-order valence-corrected chi connectivity index (χ2v) is 4.55. The minimum atomic E-state index is -0.0376. The maximum absolute atomic E-state index is 11.9. The lowest BCUT2D eigenvalue weighted by molar-refractivity contribution is 0.0939. The smallest absolute Gasteiger partial charge is 0.253 e. The van der Waals surface area contributed by atoms with Gasteiger partial charge in [-0.25, -0.2) is 0 Å². The summed E-state index contributed by atoms with van der Waals surface area (Å²) >= 11 is 0. The van der Waals surface area contributed by atoms with Crippen molar-refractivity contribution in [3.63, 3.8) is 0 Å². The Morgan fingerprint density at radius 1 is 1.38 bits per heavy atom. The Kier molecular flexibility index (Phi) is 3.13. The molecule has 1 fully saturated rings. The van der Waals surface area contributed by atoms with Gasteiger partial charge in [-0.3, -0.25) is 4.79 Å². The predicted molar refractivity (Wildman–Crippen MR) is 65.3 cm³/mol. The number of hydrogen-bond donors (Lipinski definition) is 2. The predicted octanol–water partition coefficient (Wildman–Crippen LogP) is 2.25. The van der Waals surface area contributed by atoms with Gasteiger partial charge in [0.05, 0.1) is 5.56 Å². The molecule has 0 unspecified atom stereocenters. The van der Waals surface area contributed by atoms with Crippen LogP contribution in [0.3, 0.4) is 0 Å². The van der Waals surface area contributed by atoms with Crippen LogP contribution in [0.1, 0.15) is 41.6 Å². The first-order valence-corrected chi connectivity index (χ1v) is 5.84. The molecule has 0 aromatic heterocycles. The van der Waals surface area contributed by atoms with E-state index in [0.29, 0.717) is 17.3 Å². The van der Waals surface area contributed by atoms with Crippen molar-refractivity contribution >= 4 is 11.6 Å². The van der Waals surface area contributed by atoms with Gasteiger partial charge in [-0.05, 0) is 37.5 Å². The fraction of sp³-hybridized carbons (Fsp3) is 0.462. The Labute approximate surface area is 96.0 Å². The van der Waals surface area contributed by atoms with Gasteiger partial charge in [0.15, 0.2) is 0 Å². The van der Waals surface area contributed by atoms with Crippen molar-refractivity contribution in [2.24, 2.45) is 0 Å². The van der Waals surface area contributed by atoms with Crippen molar-refractivity contribution in [1.82, 2.24) is 5.32 Å². The van der Waals surface area contributed by atoms with E-state index in [-0.39, 0.29) is 5.91 Å². The molecule has 1 aromatic carbocycles. The van der Waals surface area contributed by atoms with Crippen LogP contribution in [0.2, 0.25) is 0 Å². The van der Waals surface area contributed by atoms with Gasteiger partial charge in [-0.2, -0.15) is 0 Å². The quantitative estimate of drug-likeness (QED) is 0.748. The molecule has 0 saturated heterocycles. The zero-order chi connectivity index (χ0) is 11.5. The monoisotopic (exact) mass is 218 g/mol. The van der Waals surface area contributed by atoms with Crippen LogP contribution in [-0.4, -0.2) is 11.9 Å². The van der Waals surface area contributed by atoms with Gasteiger partial charge in [0.25, 0.3) is 5.91 Å². The number of carbonyl (C=O) groups excluding carboxylic acids is 1. The molecule has 16 heavy (non-hydrogen) atoms.